The van der Waals surface area contributed by atoms with Crippen molar-refractivity contribution in [3.63, 3.8) is 0 Å². The van der Waals surface area contributed by atoms with Crippen molar-refractivity contribution in [2.75, 3.05) is 31.6 Å². The van der Waals surface area contributed by atoms with Crippen LogP contribution in [0.1, 0.15) is 25.2 Å². The van der Waals surface area contributed by atoms with Crippen LogP contribution in [0.4, 0.5) is 5.82 Å². The first-order chi connectivity index (χ1) is 10.5. The number of aryl methyl sites for hydroxylation is 2. The standard InChI is InChI=1S/C16H28N4O2/c1-10(2)14-6-20(13(8-21)9-22)7-15(14)19-16-11(3)5-17-12(4)18-16/h5,10,13-15,21-22H,6-9H2,1-4H3,(H,17,18,19)/t14-,15+/m1/s1. The number of rotatable bonds is 6. The van der Waals surface area contributed by atoms with Gasteiger partial charge in [0.1, 0.15) is 11.6 Å². The molecule has 0 unspecified atom stereocenters. The normalized spacial score (nSPS) is 22.7. The maximum absolute atomic E-state index is 9.43. The number of nitrogens with one attached hydrogen (secondary N) is 1. The van der Waals surface area contributed by atoms with Crippen molar-refractivity contribution in [2.45, 2.75) is 39.8 Å². The largest absolute Gasteiger partial charge is 0.395 e. The molecule has 6 heteroatoms. The molecule has 1 aromatic heterocycles. The van der Waals surface area contributed by atoms with E-state index in [4.69, 9.17) is 0 Å². The third kappa shape index (κ3) is 3.74. The van der Waals surface area contributed by atoms with Crippen molar-refractivity contribution in [1.82, 2.24) is 14.9 Å². The van der Waals surface area contributed by atoms with E-state index in [0.717, 1.165) is 30.3 Å². The fraction of sp³-hybridized carbons (Fsp3) is 0.750. The van der Waals surface area contributed by atoms with Gasteiger partial charge in [-0.3, -0.25) is 4.90 Å². The summed E-state index contributed by atoms with van der Waals surface area (Å²) in [7, 11) is 0. The molecule has 1 aliphatic heterocycles. The highest BCUT2D eigenvalue weighted by Crippen LogP contribution is 2.28. The van der Waals surface area contributed by atoms with Crippen LogP contribution in [0.15, 0.2) is 6.20 Å². The summed E-state index contributed by atoms with van der Waals surface area (Å²) in [6, 6.07) is 0.0786. The zero-order valence-corrected chi connectivity index (χ0v) is 14.0. The minimum Gasteiger partial charge on any atom is -0.395 e. The SMILES string of the molecule is Cc1ncc(C)c(N[C@H]2CN(C(CO)CO)C[C@@H]2C(C)C)n1. The predicted octanol–water partition coefficient (Wildman–Crippen LogP) is 0.815. The topological polar surface area (TPSA) is 81.5 Å². The van der Waals surface area contributed by atoms with Gasteiger partial charge in [-0.25, -0.2) is 9.97 Å². The minimum absolute atomic E-state index is 0.0142. The number of aliphatic hydroxyl groups is 2. The molecule has 2 heterocycles. The first kappa shape index (κ1) is 17.1. The Morgan fingerprint density at radius 3 is 2.55 bits per heavy atom. The molecule has 0 aromatic carbocycles. The lowest BCUT2D eigenvalue weighted by atomic mass is 9.91. The van der Waals surface area contributed by atoms with Crippen molar-refractivity contribution in [2.24, 2.45) is 11.8 Å². The Labute approximate surface area is 132 Å². The molecule has 3 N–H and O–H groups in total. The van der Waals surface area contributed by atoms with Crippen LogP contribution in [0.2, 0.25) is 0 Å². The van der Waals surface area contributed by atoms with Gasteiger partial charge < -0.3 is 15.5 Å². The lowest BCUT2D eigenvalue weighted by molar-refractivity contribution is 0.0862. The molecule has 0 radical (unpaired) electrons. The number of anilines is 1. The number of nitrogens with zero attached hydrogens (tertiary/aromatic N) is 3. The summed E-state index contributed by atoms with van der Waals surface area (Å²) in [6.45, 7) is 9.98. The van der Waals surface area contributed by atoms with Gasteiger partial charge >= 0.3 is 0 Å². The zero-order valence-electron chi connectivity index (χ0n) is 14.0. The van der Waals surface area contributed by atoms with Gasteiger partial charge in [-0.05, 0) is 25.7 Å². The molecule has 0 amide bonds. The molecular weight excluding hydrogens is 280 g/mol. The summed E-state index contributed by atoms with van der Waals surface area (Å²) >= 11 is 0. The molecule has 124 valence electrons. The van der Waals surface area contributed by atoms with Gasteiger partial charge in [0, 0.05) is 30.9 Å². The second-order valence-electron chi connectivity index (χ2n) is 6.58. The van der Waals surface area contributed by atoms with E-state index in [9.17, 15) is 10.2 Å². The molecule has 2 atom stereocenters. The minimum atomic E-state index is -0.179. The lowest BCUT2D eigenvalue weighted by Gasteiger charge is -2.24. The Balaban J connectivity index is 2.15. The second kappa shape index (κ2) is 7.35. The van der Waals surface area contributed by atoms with E-state index in [0.29, 0.717) is 11.8 Å². The molecule has 1 fully saturated rings. The maximum atomic E-state index is 9.43. The van der Waals surface area contributed by atoms with E-state index in [1.165, 1.54) is 0 Å². The number of hydrogen-bond acceptors (Lipinski definition) is 6. The van der Waals surface area contributed by atoms with E-state index < -0.39 is 0 Å². The molecule has 1 aliphatic rings. The van der Waals surface area contributed by atoms with E-state index in [1.807, 2.05) is 20.0 Å². The van der Waals surface area contributed by atoms with Gasteiger partial charge in [-0.1, -0.05) is 13.8 Å². The molecule has 2 rings (SSSR count). The van der Waals surface area contributed by atoms with Gasteiger partial charge in [-0.2, -0.15) is 0 Å². The summed E-state index contributed by atoms with van der Waals surface area (Å²) in [5, 5.41) is 22.4. The monoisotopic (exact) mass is 308 g/mol. The van der Waals surface area contributed by atoms with Crippen LogP contribution in [0.3, 0.4) is 0 Å². The summed E-state index contributed by atoms with van der Waals surface area (Å²) in [5.41, 5.74) is 1.03. The summed E-state index contributed by atoms with van der Waals surface area (Å²) < 4.78 is 0. The average molecular weight is 308 g/mol. The number of likely N-dealkylation sites (tertiary alicyclic amines) is 1. The first-order valence-electron chi connectivity index (χ1n) is 7.98. The van der Waals surface area contributed by atoms with Crippen LogP contribution in [0.25, 0.3) is 0 Å². The van der Waals surface area contributed by atoms with E-state index in [1.54, 1.807) is 0 Å². The van der Waals surface area contributed by atoms with Crippen molar-refractivity contribution in [3.05, 3.63) is 17.6 Å². The number of aromatic nitrogens is 2. The molecule has 22 heavy (non-hydrogen) atoms. The van der Waals surface area contributed by atoms with E-state index >= 15 is 0 Å². The summed E-state index contributed by atoms with van der Waals surface area (Å²) in [4.78, 5) is 10.9. The Morgan fingerprint density at radius 1 is 1.27 bits per heavy atom. The fourth-order valence-electron chi connectivity index (χ4n) is 3.13. The van der Waals surface area contributed by atoms with Crippen molar-refractivity contribution >= 4 is 5.82 Å². The van der Waals surface area contributed by atoms with Crippen LogP contribution in [0.5, 0.6) is 0 Å². The lowest BCUT2D eigenvalue weighted by Crippen LogP contribution is -2.40. The molecule has 0 spiro atoms. The highest BCUT2D eigenvalue weighted by atomic mass is 16.3. The van der Waals surface area contributed by atoms with Crippen LogP contribution < -0.4 is 5.32 Å². The molecular formula is C16H28N4O2. The van der Waals surface area contributed by atoms with Gasteiger partial charge in [0.2, 0.25) is 0 Å². The highest BCUT2D eigenvalue weighted by molar-refractivity contribution is 5.43. The number of hydrogen-bond donors (Lipinski definition) is 3. The van der Waals surface area contributed by atoms with E-state index in [2.05, 4.69) is 34.0 Å². The van der Waals surface area contributed by atoms with Crippen molar-refractivity contribution in [1.29, 1.82) is 0 Å². The van der Waals surface area contributed by atoms with Crippen LogP contribution in [-0.4, -0.2) is 63.5 Å². The van der Waals surface area contributed by atoms with E-state index in [-0.39, 0.29) is 25.3 Å². The van der Waals surface area contributed by atoms with Crippen LogP contribution >= 0.6 is 0 Å². The smallest absolute Gasteiger partial charge is 0.132 e. The highest BCUT2D eigenvalue weighted by Gasteiger charge is 2.37. The Morgan fingerprint density at radius 2 is 1.95 bits per heavy atom. The summed E-state index contributed by atoms with van der Waals surface area (Å²) in [5.74, 6) is 2.61. The Bertz CT molecular complexity index is 491. The van der Waals surface area contributed by atoms with Gasteiger partial charge in [-0.15, -0.1) is 0 Å². The zero-order chi connectivity index (χ0) is 16.3. The fourth-order valence-corrected chi connectivity index (χ4v) is 3.13. The molecule has 6 nitrogen and oxygen atoms in total. The molecule has 1 saturated heterocycles. The first-order valence-corrected chi connectivity index (χ1v) is 7.98. The third-order valence-corrected chi connectivity index (χ3v) is 4.60. The molecule has 0 bridgehead atoms. The number of aliphatic hydroxyl groups excluding tert-OH is 2. The van der Waals surface area contributed by atoms with Gasteiger partial charge in [0.25, 0.3) is 0 Å². The van der Waals surface area contributed by atoms with Gasteiger partial charge in [0.15, 0.2) is 0 Å². The average Bonchev–Trinajstić information content (AvgIpc) is 2.88. The molecule has 0 aliphatic carbocycles. The predicted molar refractivity (Wildman–Crippen MR) is 86.8 cm³/mol. The summed E-state index contributed by atoms with van der Waals surface area (Å²) in [6.07, 6.45) is 1.84. The second-order valence-corrected chi connectivity index (χ2v) is 6.58. The Kier molecular flexibility index (Phi) is 5.72. The van der Waals surface area contributed by atoms with Crippen molar-refractivity contribution in [3.8, 4) is 0 Å². The maximum Gasteiger partial charge on any atom is 0.132 e. The van der Waals surface area contributed by atoms with Gasteiger partial charge in [0.05, 0.1) is 19.3 Å². The van der Waals surface area contributed by atoms with Crippen molar-refractivity contribution < 1.29 is 10.2 Å². The Hall–Kier alpha value is -1.24. The third-order valence-electron chi connectivity index (χ3n) is 4.60. The molecule has 0 saturated carbocycles. The quantitative estimate of drug-likeness (QED) is 0.722. The van der Waals surface area contributed by atoms with Crippen LogP contribution in [0, 0.1) is 25.7 Å². The van der Waals surface area contributed by atoms with Crippen LogP contribution in [-0.2, 0) is 0 Å². The molecule has 1 aromatic rings.